The highest BCUT2D eigenvalue weighted by Crippen LogP contribution is 2.44. The van der Waals surface area contributed by atoms with Crippen LogP contribution in [0.25, 0.3) is 0 Å². The molecular weight excluding hydrogens is 362 g/mol. The quantitative estimate of drug-likeness (QED) is 0.859. The fraction of sp³-hybridized carbons (Fsp3) is 0.273. The summed E-state index contributed by atoms with van der Waals surface area (Å²) in [5.41, 5.74) is 3.38. The van der Waals surface area contributed by atoms with Gasteiger partial charge in [0.15, 0.2) is 5.78 Å². The molecule has 0 saturated carbocycles. The van der Waals surface area contributed by atoms with Crippen molar-refractivity contribution in [1.82, 2.24) is 5.32 Å². The minimum Gasteiger partial charge on any atom is -0.497 e. The predicted molar refractivity (Wildman–Crippen MR) is 104 cm³/mol. The first-order valence-corrected chi connectivity index (χ1v) is 9.39. The van der Waals surface area contributed by atoms with Crippen LogP contribution in [-0.4, -0.2) is 18.8 Å². The van der Waals surface area contributed by atoms with E-state index in [-0.39, 0.29) is 29.9 Å². The maximum Gasteiger partial charge on any atom is 0.225 e. The Morgan fingerprint density at radius 3 is 2.44 bits per heavy atom. The van der Waals surface area contributed by atoms with E-state index in [0.717, 1.165) is 22.6 Å². The number of methoxy groups -OCH3 is 1. The Labute approximate surface area is 163 Å². The van der Waals surface area contributed by atoms with Gasteiger partial charge >= 0.3 is 0 Å². The maximum atomic E-state index is 13.1. The Morgan fingerprint density at radius 2 is 1.74 bits per heavy atom. The summed E-state index contributed by atoms with van der Waals surface area (Å²) < 4.78 is 5.21. The molecule has 2 aromatic carbocycles. The van der Waals surface area contributed by atoms with Gasteiger partial charge in [0, 0.05) is 35.1 Å². The lowest BCUT2D eigenvalue weighted by molar-refractivity contribution is -0.122. The van der Waals surface area contributed by atoms with Crippen molar-refractivity contribution >= 4 is 23.3 Å². The zero-order valence-electron chi connectivity index (χ0n) is 15.0. The monoisotopic (exact) mass is 381 g/mol. The molecule has 0 spiro atoms. The van der Waals surface area contributed by atoms with Gasteiger partial charge in [0.1, 0.15) is 5.75 Å². The molecule has 138 valence electrons. The Kier molecular flexibility index (Phi) is 4.75. The van der Waals surface area contributed by atoms with E-state index in [1.165, 1.54) is 0 Å². The van der Waals surface area contributed by atoms with Crippen molar-refractivity contribution in [1.29, 1.82) is 0 Å². The molecule has 4 nitrogen and oxygen atoms in total. The van der Waals surface area contributed by atoms with Crippen molar-refractivity contribution in [3.8, 4) is 5.75 Å². The molecule has 27 heavy (non-hydrogen) atoms. The molecule has 1 N–H and O–H groups in total. The molecule has 5 heteroatoms. The summed E-state index contributed by atoms with van der Waals surface area (Å²) in [6, 6.07) is 15.2. The second-order valence-electron chi connectivity index (χ2n) is 7.02. The summed E-state index contributed by atoms with van der Waals surface area (Å²) in [4.78, 5) is 25.4. The van der Waals surface area contributed by atoms with Crippen LogP contribution in [0.1, 0.15) is 42.2 Å². The molecular formula is C22H20ClNO3. The normalized spacial score (nSPS) is 22.3. The van der Waals surface area contributed by atoms with Crippen LogP contribution in [0, 0.1) is 0 Å². The fourth-order valence-electron chi connectivity index (χ4n) is 4.10. The summed E-state index contributed by atoms with van der Waals surface area (Å²) in [7, 11) is 1.63. The van der Waals surface area contributed by atoms with Crippen LogP contribution in [0.2, 0.25) is 5.02 Å². The van der Waals surface area contributed by atoms with E-state index in [4.69, 9.17) is 16.3 Å². The molecule has 0 radical (unpaired) electrons. The number of ketones is 1. The smallest absolute Gasteiger partial charge is 0.225 e. The van der Waals surface area contributed by atoms with Crippen LogP contribution < -0.4 is 10.1 Å². The van der Waals surface area contributed by atoms with E-state index in [1.807, 2.05) is 42.5 Å². The van der Waals surface area contributed by atoms with Crippen LogP contribution >= 0.6 is 11.6 Å². The van der Waals surface area contributed by atoms with Gasteiger partial charge in [0.25, 0.3) is 0 Å². The minimum absolute atomic E-state index is 0.0486. The lowest BCUT2D eigenvalue weighted by atomic mass is 9.73. The molecule has 2 aromatic rings. The minimum atomic E-state index is -0.272. The molecule has 2 atom stereocenters. The van der Waals surface area contributed by atoms with Gasteiger partial charge in [-0.1, -0.05) is 41.9 Å². The van der Waals surface area contributed by atoms with E-state index < -0.39 is 0 Å². The van der Waals surface area contributed by atoms with E-state index >= 15 is 0 Å². The second-order valence-corrected chi connectivity index (χ2v) is 7.43. The van der Waals surface area contributed by atoms with Crippen LogP contribution in [0.3, 0.4) is 0 Å². The molecule has 2 aliphatic rings. The van der Waals surface area contributed by atoms with Gasteiger partial charge in [0.05, 0.1) is 7.11 Å². The van der Waals surface area contributed by atoms with E-state index in [1.54, 1.807) is 13.2 Å². The van der Waals surface area contributed by atoms with Gasteiger partial charge in [-0.15, -0.1) is 0 Å². The molecule has 1 aliphatic heterocycles. The van der Waals surface area contributed by atoms with Gasteiger partial charge in [-0.05, 0) is 41.7 Å². The van der Waals surface area contributed by atoms with Gasteiger partial charge in [-0.3, -0.25) is 9.59 Å². The Morgan fingerprint density at radius 1 is 1.00 bits per heavy atom. The van der Waals surface area contributed by atoms with Crippen molar-refractivity contribution in [2.75, 3.05) is 7.11 Å². The number of carbonyl (C=O) groups is 2. The third-order valence-electron chi connectivity index (χ3n) is 5.40. The lowest BCUT2D eigenvalue weighted by Crippen LogP contribution is -2.38. The molecule has 1 aliphatic carbocycles. The summed E-state index contributed by atoms with van der Waals surface area (Å²) in [6.45, 7) is 0. The zero-order chi connectivity index (χ0) is 19.0. The summed E-state index contributed by atoms with van der Waals surface area (Å²) in [5.74, 6) is 0.577. The molecule has 4 rings (SSSR count). The van der Waals surface area contributed by atoms with Crippen molar-refractivity contribution in [3.05, 3.63) is 76.0 Å². The number of rotatable bonds is 3. The number of ether oxygens (including phenoxy) is 1. The van der Waals surface area contributed by atoms with Crippen LogP contribution in [0.5, 0.6) is 5.75 Å². The summed E-state index contributed by atoms with van der Waals surface area (Å²) in [6.07, 6.45) is 1.32. The SMILES string of the molecule is COc1ccc(C2CC(=O)C3=C(C2)NC(=O)CC3c2ccccc2Cl)cc1. The number of Topliss-reactive ketones (excluding diaryl/α,β-unsaturated/α-hetero) is 1. The van der Waals surface area contributed by atoms with Gasteiger partial charge < -0.3 is 10.1 Å². The highest BCUT2D eigenvalue weighted by atomic mass is 35.5. The maximum absolute atomic E-state index is 13.1. The Hall–Kier alpha value is -2.59. The number of halogens is 1. The molecule has 0 fully saturated rings. The molecule has 2 unspecified atom stereocenters. The number of allylic oxidation sites excluding steroid dienone is 2. The predicted octanol–water partition coefficient (Wildman–Crippen LogP) is 4.35. The summed E-state index contributed by atoms with van der Waals surface area (Å²) >= 11 is 6.36. The number of nitrogens with one attached hydrogen (secondary N) is 1. The van der Waals surface area contributed by atoms with E-state index in [0.29, 0.717) is 23.4 Å². The number of carbonyl (C=O) groups excluding carboxylic acids is 2. The molecule has 0 aromatic heterocycles. The molecule has 1 heterocycles. The average Bonchev–Trinajstić information content (AvgIpc) is 2.67. The van der Waals surface area contributed by atoms with Crippen molar-refractivity contribution < 1.29 is 14.3 Å². The van der Waals surface area contributed by atoms with Gasteiger partial charge in [0.2, 0.25) is 5.91 Å². The van der Waals surface area contributed by atoms with E-state index in [2.05, 4.69) is 5.32 Å². The van der Waals surface area contributed by atoms with E-state index in [9.17, 15) is 9.59 Å². The highest BCUT2D eigenvalue weighted by molar-refractivity contribution is 6.31. The first kappa shape index (κ1) is 17.8. The standard InChI is InChI=1S/C22H20ClNO3/c1-27-15-8-6-13(7-9-15)14-10-19-22(20(25)11-14)17(12-21(26)24-19)16-4-2-3-5-18(16)23/h2-9,14,17H,10-12H2,1H3,(H,24,26). The highest BCUT2D eigenvalue weighted by Gasteiger charge is 2.38. The first-order chi connectivity index (χ1) is 13.1. The second kappa shape index (κ2) is 7.20. The third-order valence-corrected chi connectivity index (χ3v) is 5.75. The van der Waals surface area contributed by atoms with Gasteiger partial charge in [-0.25, -0.2) is 0 Å². The van der Waals surface area contributed by atoms with Crippen LogP contribution in [0.15, 0.2) is 59.8 Å². The van der Waals surface area contributed by atoms with Crippen LogP contribution in [-0.2, 0) is 9.59 Å². The number of hydrogen-bond donors (Lipinski definition) is 1. The largest absolute Gasteiger partial charge is 0.497 e. The lowest BCUT2D eigenvalue weighted by Gasteiger charge is -2.34. The Bertz CT molecular complexity index is 933. The fourth-order valence-corrected chi connectivity index (χ4v) is 4.36. The zero-order valence-corrected chi connectivity index (χ0v) is 15.8. The van der Waals surface area contributed by atoms with Crippen molar-refractivity contribution in [2.24, 2.45) is 0 Å². The molecule has 0 bridgehead atoms. The summed E-state index contributed by atoms with van der Waals surface area (Å²) in [5, 5.41) is 3.53. The topological polar surface area (TPSA) is 55.4 Å². The van der Waals surface area contributed by atoms with Gasteiger partial charge in [-0.2, -0.15) is 0 Å². The number of hydrogen-bond acceptors (Lipinski definition) is 3. The van der Waals surface area contributed by atoms with Crippen LogP contribution in [0.4, 0.5) is 0 Å². The third kappa shape index (κ3) is 3.37. The number of amides is 1. The molecule has 0 saturated heterocycles. The van der Waals surface area contributed by atoms with Crippen molar-refractivity contribution in [2.45, 2.75) is 31.1 Å². The van der Waals surface area contributed by atoms with Crippen molar-refractivity contribution in [3.63, 3.8) is 0 Å². The first-order valence-electron chi connectivity index (χ1n) is 9.01. The number of benzene rings is 2. The average molecular weight is 382 g/mol. The molecule has 1 amide bonds. The Balaban J connectivity index is 1.70.